The van der Waals surface area contributed by atoms with Gasteiger partial charge in [0, 0.05) is 6.42 Å². The number of ether oxygens (including phenoxy) is 1. The van der Waals surface area contributed by atoms with Gasteiger partial charge in [0.25, 0.3) is 0 Å². The highest BCUT2D eigenvalue weighted by Gasteiger charge is 2.29. The Labute approximate surface area is 187 Å². The minimum atomic E-state index is -4.34. The fraction of sp³-hybridized carbons (Fsp3) is 0.120. The highest BCUT2D eigenvalue weighted by Crippen LogP contribution is 2.29. The van der Waals surface area contributed by atoms with E-state index in [9.17, 15) is 18.0 Å². The molecule has 1 aromatic heterocycles. The Kier molecular flexibility index (Phi) is 6.44. The second-order valence-electron chi connectivity index (χ2n) is 7.28. The molecule has 0 saturated carbocycles. The fourth-order valence-electron chi connectivity index (χ4n) is 3.27. The van der Waals surface area contributed by atoms with Crippen molar-refractivity contribution in [3.63, 3.8) is 0 Å². The van der Waals surface area contributed by atoms with Gasteiger partial charge < -0.3 is 4.74 Å². The first-order valence-corrected chi connectivity index (χ1v) is 10.1. The standard InChI is InChI=1S/C25H19F3N2O3/c26-25(27,28)21-11-9-17(10-12-21)5-3-13-32-22-8-2-7-20(16-22)19-6-1-4-18(14-19)15-23-29-24(31)33-30-23/h1-12,14,16H,13,15H2,(H,29,30,31). The van der Waals surface area contributed by atoms with Crippen LogP contribution in [-0.4, -0.2) is 16.7 Å². The molecule has 0 unspecified atom stereocenters. The van der Waals surface area contributed by atoms with Crippen LogP contribution in [0.25, 0.3) is 17.2 Å². The largest absolute Gasteiger partial charge is 0.490 e. The number of nitrogens with zero attached hydrogens (tertiary/aromatic N) is 1. The minimum Gasteiger partial charge on any atom is -0.490 e. The van der Waals surface area contributed by atoms with Gasteiger partial charge in [-0.05, 0) is 52.6 Å². The molecular formula is C25H19F3N2O3. The maximum Gasteiger partial charge on any atom is 0.438 e. The SMILES string of the molecule is O=c1[nH]c(Cc2cccc(-c3cccc(OCC=Cc4ccc(C(F)(F)F)cc4)c3)c2)no1. The Balaban J connectivity index is 1.38. The zero-order valence-electron chi connectivity index (χ0n) is 17.3. The average Bonchev–Trinajstić information content (AvgIpc) is 3.21. The van der Waals surface area contributed by atoms with E-state index in [1.165, 1.54) is 12.1 Å². The lowest BCUT2D eigenvalue weighted by Gasteiger charge is -2.08. The monoisotopic (exact) mass is 452 g/mol. The third-order valence-corrected chi connectivity index (χ3v) is 4.85. The number of H-pyrrole nitrogens is 1. The van der Waals surface area contributed by atoms with Crippen molar-refractivity contribution in [2.45, 2.75) is 12.6 Å². The Morgan fingerprint density at radius 3 is 2.39 bits per heavy atom. The van der Waals surface area contributed by atoms with Crippen LogP contribution in [0, 0.1) is 0 Å². The van der Waals surface area contributed by atoms with E-state index < -0.39 is 17.5 Å². The number of benzene rings is 3. The van der Waals surface area contributed by atoms with Crippen LogP contribution in [0.5, 0.6) is 5.75 Å². The van der Waals surface area contributed by atoms with Crippen molar-refractivity contribution >= 4 is 6.08 Å². The first-order valence-electron chi connectivity index (χ1n) is 10.1. The van der Waals surface area contributed by atoms with E-state index >= 15 is 0 Å². The summed E-state index contributed by atoms with van der Waals surface area (Å²) < 4.78 is 48.2. The number of rotatable bonds is 7. The third kappa shape index (κ3) is 6.00. The summed E-state index contributed by atoms with van der Waals surface area (Å²) in [6.45, 7) is 0.268. The fourth-order valence-corrected chi connectivity index (χ4v) is 3.27. The average molecular weight is 452 g/mol. The van der Waals surface area contributed by atoms with Crippen molar-refractivity contribution in [3.8, 4) is 16.9 Å². The summed E-state index contributed by atoms with van der Waals surface area (Å²) in [6, 6.07) is 20.3. The van der Waals surface area contributed by atoms with E-state index in [1.807, 2.05) is 48.5 Å². The molecule has 3 aromatic carbocycles. The normalized spacial score (nSPS) is 11.7. The zero-order valence-corrected chi connectivity index (χ0v) is 17.3. The predicted molar refractivity (Wildman–Crippen MR) is 118 cm³/mol. The van der Waals surface area contributed by atoms with Gasteiger partial charge >= 0.3 is 11.9 Å². The molecule has 8 heteroatoms. The molecule has 4 rings (SSSR count). The Morgan fingerprint density at radius 1 is 0.970 bits per heavy atom. The van der Waals surface area contributed by atoms with Gasteiger partial charge in [-0.3, -0.25) is 9.51 Å². The number of halogens is 3. The van der Waals surface area contributed by atoms with Crippen molar-refractivity contribution in [1.29, 1.82) is 0 Å². The lowest BCUT2D eigenvalue weighted by molar-refractivity contribution is -0.137. The summed E-state index contributed by atoms with van der Waals surface area (Å²) in [4.78, 5) is 13.6. The zero-order chi connectivity index (χ0) is 23.3. The summed E-state index contributed by atoms with van der Waals surface area (Å²) in [5.74, 6) is 0.531. The summed E-state index contributed by atoms with van der Waals surface area (Å²) in [7, 11) is 0. The van der Waals surface area contributed by atoms with Crippen LogP contribution in [0.3, 0.4) is 0 Å². The smallest absolute Gasteiger partial charge is 0.438 e. The molecule has 0 aliphatic heterocycles. The number of hydrogen-bond donors (Lipinski definition) is 1. The summed E-state index contributed by atoms with van der Waals surface area (Å²) in [5.41, 5.74) is 2.87. The van der Waals surface area contributed by atoms with Crippen LogP contribution in [0.2, 0.25) is 0 Å². The number of aromatic nitrogens is 2. The summed E-state index contributed by atoms with van der Waals surface area (Å²) in [5, 5.41) is 3.69. The van der Waals surface area contributed by atoms with Crippen molar-refractivity contribution in [2.24, 2.45) is 0 Å². The van der Waals surface area contributed by atoms with Gasteiger partial charge in [-0.25, -0.2) is 4.79 Å². The molecule has 0 spiro atoms. The predicted octanol–water partition coefficient (Wildman–Crippen LogP) is 5.73. The van der Waals surface area contributed by atoms with E-state index in [2.05, 4.69) is 14.7 Å². The maximum atomic E-state index is 12.6. The Hall–Kier alpha value is -4.07. The second-order valence-corrected chi connectivity index (χ2v) is 7.28. The van der Waals surface area contributed by atoms with Crippen LogP contribution in [0.4, 0.5) is 13.2 Å². The van der Waals surface area contributed by atoms with Crippen molar-refractivity contribution < 1.29 is 22.4 Å². The number of nitrogens with one attached hydrogen (secondary N) is 1. The van der Waals surface area contributed by atoms with Crippen LogP contribution < -0.4 is 10.5 Å². The molecule has 168 valence electrons. The highest BCUT2D eigenvalue weighted by molar-refractivity contribution is 5.66. The van der Waals surface area contributed by atoms with E-state index in [-0.39, 0.29) is 6.61 Å². The van der Waals surface area contributed by atoms with Crippen molar-refractivity contribution in [3.05, 3.63) is 112 Å². The molecule has 1 N–H and O–H groups in total. The summed E-state index contributed by atoms with van der Waals surface area (Å²) >= 11 is 0. The van der Waals surface area contributed by atoms with Crippen LogP contribution in [0.15, 0.2) is 88.2 Å². The van der Waals surface area contributed by atoms with E-state index in [0.29, 0.717) is 23.6 Å². The molecule has 1 heterocycles. The molecule has 0 aliphatic rings. The Bertz CT molecular complexity index is 1310. The number of aromatic amines is 1. The lowest BCUT2D eigenvalue weighted by atomic mass is 10.0. The van der Waals surface area contributed by atoms with E-state index in [4.69, 9.17) is 4.74 Å². The molecular weight excluding hydrogens is 433 g/mol. The maximum absolute atomic E-state index is 12.6. The second kappa shape index (κ2) is 9.60. The van der Waals surface area contributed by atoms with E-state index in [1.54, 1.807) is 12.2 Å². The van der Waals surface area contributed by atoms with Gasteiger partial charge in [0.15, 0.2) is 5.82 Å². The molecule has 4 aromatic rings. The molecule has 0 amide bonds. The molecule has 33 heavy (non-hydrogen) atoms. The number of alkyl halides is 3. The Morgan fingerprint density at radius 2 is 1.70 bits per heavy atom. The minimum absolute atomic E-state index is 0.268. The highest BCUT2D eigenvalue weighted by atomic mass is 19.4. The van der Waals surface area contributed by atoms with Gasteiger partial charge in [0.2, 0.25) is 0 Å². The lowest BCUT2D eigenvalue weighted by Crippen LogP contribution is -2.03. The van der Waals surface area contributed by atoms with Gasteiger partial charge in [-0.2, -0.15) is 13.2 Å². The first kappa shape index (κ1) is 22.1. The third-order valence-electron chi connectivity index (χ3n) is 4.85. The molecule has 0 saturated heterocycles. The van der Waals surface area contributed by atoms with Gasteiger partial charge in [-0.15, -0.1) is 0 Å². The van der Waals surface area contributed by atoms with Crippen LogP contribution in [0.1, 0.15) is 22.5 Å². The topological polar surface area (TPSA) is 68.1 Å². The molecule has 0 aliphatic carbocycles. The molecule has 0 bridgehead atoms. The van der Waals surface area contributed by atoms with Crippen molar-refractivity contribution in [1.82, 2.24) is 10.1 Å². The quantitative estimate of drug-likeness (QED) is 0.389. The first-order chi connectivity index (χ1) is 15.9. The molecule has 0 atom stereocenters. The van der Waals surface area contributed by atoms with Gasteiger partial charge in [0.1, 0.15) is 12.4 Å². The van der Waals surface area contributed by atoms with Crippen molar-refractivity contribution in [2.75, 3.05) is 6.61 Å². The molecule has 0 fully saturated rings. The van der Waals surface area contributed by atoms with Gasteiger partial charge in [0.05, 0.1) is 5.56 Å². The van der Waals surface area contributed by atoms with Crippen LogP contribution in [-0.2, 0) is 12.6 Å². The number of hydrogen-bond acceptors (Lipinski definition) is 4. The van der Waals surface area contributed by atoms with Gasteiger partial charge in [-0.1, -0.05) is 59.8 Å². The van der Waals surface area contributed by atoms with E-state index in [0.717, 1.165) is 28.8 Å². The summed E-state index contributed by atoms with van der Waals surface area (Å²) in [6.07, 6.45) is -0.453. The molecule has 5 nitrogen and oxygen atoms in total. The van der Waals surface area contributed by atoms with Crippen LogP contribution >= 0.6 is 0 Å². The molecule has 0 radical (unpaired) electrons.